The van der Waals surface area contributed by atoms with Crippen molar-refractivity contribution in [2.24, 2.45) is 5.92 Å². The van der Waals surface area contributed by atoms with Crippen LogP contribution in [0.25, 0.3) is 0 Å². The maximum atomic E-state index is 14.1. The van der Waals surface area contributed by atoms with Gasteiger partial charge >= 0.3 is 5.97 Å². The first-order valence-electron chi connectivity index (χ1n) is 17.0. The second-order valence-electron chi connectivity index (χ2n) is 13.3. The summed E-state index contributed by atoms with van der Waals surface area (Å²) in [4.78, 5) is 45.4. The predicted molar refractivity (Wildman–Crippen MR) is 191 cm³/mol. The zero-order valence-corrected chi connectivity index (χ0v) is 30.0. The molecule has 2 amide bonds. The number of carbonyl (C=O) groups excluding carboxylic acids is 2. The number of benzene rings is 2. The number of halogens is 2. The summed E-state index contributed by atoms with van der Waals surface area (Å²) in [6, 6.07) is 11.7. The number of fused-ring (bicyclic) bond motifs is 1. The Kier molecular flexibility index (Phi) is 11.3. The first-order valence-corrected chi connectivity index (χ1v) is 19.2. The third-order valence-electron chi connectivity index (χ3n) is 10.2. The molecule has 3 unspecified atom stereocenters. The highest BCUT2D eigenvalue weighted by Gasteiger charge is 2.48. The number of pyridine rings is 1. The molecular formula is C36H38Cl2N6O6S. The molecule has 1 aliphatic carbocycles. The third-order valence-corrected chi connectivity index (χ3v) is 12.7. The van der Waals surface area contributed by atoms with Crippen molar-refractivity contribution in [2.75, 3.05) is 18.4 Å². The van der Waals surface area contributed by atoms with Crippen molar-refractivity contribution in [3.8, 4) is 6.07 Å². The highest BCUT2D eigenvalue weighted by atomic mass is 35.5. The van der Waals surface area contributed by atoms with Crippen LogP contribution >= 0.6 is 23.2 Å². The minimum Gasteiger partial charge on any atom is -0.480 e. The number of nitrogens with one attached hydrogen (secondary N) is 2. The largest absolute Gasteiger partial charge is 0.480 e. The Morgan fingerprint density at radius 2 is 1.73 bits per heavy atom. The number of sulfonamides is 1. The maximum Gasteiger partial charge on any atom is 0.326 e. The molecule has 1 saturated carbocycles. The van der Waals surface area contributed by atoms with Crippen LogP contribution in [0.1, 0.15) is 66.4 Å². The molecule has 2 aliphatic heterocycles. The second kappa shape index (κ2) is 15.7. The summed E-state index contributed by atoms with van der Waals surface area (Å²) < 4.78 is 29.4. The van der Waals surface area contributed by atoms with Crippen LogP contribution in [0.4, 0.5) is 5.69 Å². The van der Waals surface area contributed by atoms with E-state index in [-0.39, 0.29) is 51.5 Å². The summed E-state index contributed by atoms with van der Waals surface area (Å²) in [6.07, 6.45) is 9.34. The van der Waals surface area contributed by atoms with E-state index in [1.807, 2.05) is 6.07 Å². The smallest absolute Gasteiger partial charge is 0.326 e. The van der Waals surface area contributed by atoms with Gasteiger partial charge in [0.25, 0.3) is 5.91 Å². The number of rotatable bonds is 10. The molecule has 6 rings (SSSR count). The van der Waals surface area contributed by atoms with Crippen molar-refractivity contribution in [2.45, 2.75) is 80.4 Å². The topological polar surface area (TPSA) is 173 Å². The van der Waals surface area contributed by atoms with Gasteiger partial charge in [0.05, 0.1) is 32.1 Å². The number of nitrogens with zero attached hydrogens (tertiary/aromatic N) is 4. The van der Waals surface area contributed by atoms with E-state index in [9.17, 15) is 33.2 Å². The van der Waals surface area contributed by atoms with Crippen molar-refractivity contribution in [3.05, 3.63) is 87.7 Å². The van der Waals surface area contributed by atoms with Gasteiger partial charge in [0.15, 0.2) is 0 Å². The van der Waals surface area contributed by atoms with E-state index in [2.05, 4.69) is 20.5 Å². The number of nitriles is 1. The second-order valence-corrected chi connectivity index (χ2v) is 16.0. The van der Waals surface area contributed by atoms with Crippen molar-refractivity contribution in [1.29, 1.82) is 5.26 Å². The van der Waals surface area contributed by atoms with Gasteiger partial charge < -0.3 is 15.7 Å². The molecule has 3 aromatic rings. The number of piperidine rings is 1. The summed E-state index contributed by atoms with van der Waals surface area (Å²) in [5.74, 6) is -1.99. The zero-order chi connectivity index (χ0) is 36.3. The van der Waals surface area contributed by atoms with Crippen LogP contribution in [-0.2, 0) is 26.0 Å². The standard InChI is InChI=1S/C36H38Cl2N6O6S/c37-28-19-40-20-29(38)33(28)35(46)41-25-12-10-22(11-13-25)16-30(36(47)48)42-34(45)32-17-26(43-14-4-7-24-6-1-2-9-31(24)43)21-44(32)51(49,50)27-8-3-5-23(15-27)18-39/h3,5,8,10-13,15,19-20,24,26,30-32H,1-2,4,6-7,9,14,16-17,21H2,(H,41,46)(H,42,45)(H,47,48)/t24?,26?,30-,31?,32-/m0/s1. The van der Waals surface area contributed by atoms with Crippen LogP contribution in [0, 0.1) is 17.2 Å². The highest BCUT2D eigenvalue weighted by molar-refractivity contribution is 7.89. The lowest BCUT2D eigenvalue weighted by Gasteiger charge is -2.47. The van der Waals surface area contributed by atoms with Crippen molar-refractivity contribution >= 4 is 56.7 Å². The predicted octanol–water partition coefficient (Wildman–Crippen LogP) is 5.11. The molecule has 2 saturated heterocycles. The monoisotopic (exact) mass is 752 g/mol. The molecular weight excluding hydrogens is 715 g/mol. The van der Waals surface area contributed by atoms with Crippen LogP contribution < -0.4 is 10.6 Å². The number of amides is 2. The van der Waals surface area contributed by atoms with Crippen molar-refractivity contribution in [1.82, 2.24) is 19.5 Å². The van der Waals surface area contributed by atoms with Crippen LogP contribution in [0.2, 0.25) is 10.0 Å². The molecule has 15 heteroatoms. The fraction of sp³-hybridized carbons (Fsp3) is 0.417. The number of carboxylic acids is 1. The van der Waals surface area contributed by atoms with Gasteiger partial charge in [-0.15, -0.1) is 0 Å². The Morgan fingerprint density at radius 1 is 1.02 bits per heavy atom. The van der Waals surface area contributed by atoms with Crippen LogP contribution in [0.15, 0.2) is 65.8 Å². The number of aromatic nitrogens is 1. The Balaban J connectivity index is 1.20. The van der Waals surface area contributed by atoms with Gasteiger partial charge in [-0.3, -0.25) is 19.5 Å². The fourth-order valence-electron chi connectivity index (χ4n) is 7.76. The molecule has 51 heavy (non-hydrogen) atoms. The SMILES string of the molecule is N#Cc1cccc(S(=O)(=O)N2CC(N3CCCC4CCCCC43)C[C@H]2C(=O)N[C@@H](Cc2ccc(NC(=O)c3c(Cl)cncc3Cl)cc2)C(=O)O)c1. The molecule has 5 atom stereocenters. The normalized spacial score (nSPS) is 23.1. The lowest BCUT2D eigenvalue weighted by atomic mass is 9.77. The fourth-order valence-corrected chi connectivity index (χ4v) is 9.98. The van der Waals surface area contributed by atoms with E-state index < -0.39 is 39.9 Å². The van der Waals surface area contributed by atoms with Gasteiger partial charge in [-0.1, -0.05) is 54.2 Å². The van der Waals surface area contributed by atoms with Crippen molar-refractivity contribution in [3.63, 3.8) is 0 Å². The summed E-state index contributed by atoms with van der Waals surface area (Å²) in [5.41, 5.74) is 1.20. The number of carbonyl (C=O) groups is 3. The van der Waals surface area contributed by atoms with E-state index in [1.54, 1.807) is 24.3 Å². The molecule has 2 aromatic carbocycles. The number of aliphatic carboxylic acids is 1. The van der Waals surface area contributed by atoms with Gasteiger partial charge in [-0.2, -0.15) is 9.57 Å². The lowest BCUT2D eigenvalue weighted by molar-refractivity contribution is -0.142. The molecule has 0 spiro atoms. The van der Waals surface area contributed by atoms with Crippen molar-refractivity contribution < 1.29 is 27.9 Å². The average Bonchev–Trinajstić information content (AvgIpc) is 3.58. The molecule has 3 N–H and O–H groups in total. The van der Waals surface area contributed by atoms with Crippen LogP contribution in [0.5, 0.6) is 0 Å². The number of hydrogen-bond acceptors (Lipinski definition) is 8. The van der Waals surface area contributed by atoms with E-state index >= 15 is 0 Å². The Bertz CT molecular complexity index is 1930. The van der Waals surface area contributed by atoms with Gasteiger partial charge in [-0.25, -0.2) is 13.2 Å². The molecule has 3 fully saturated rings. The summed E-state index contributed by atoms with van der Waals surface area (Å²) in [7, 11) is -4.23. The first kappa shape index (κ1) is 36.7. The highest BCUT2D eigenvalue weighted by Crippen LogP contribution is 2.39. The maximum absolute atomic E-state index is 14.1. The quantitative estimate of drug-likeness (QED) is 0.254. The number of carboxylic acid groups (broad SMARTS) is 1. The van der Waals surface area contributed by atoms with E-state index in [1.165, 1.54) is 47.4 Å². The van der Waals surface area contributed by atoms with Crippen LogP contribution in [0.3, 0.4) is 0 Å². The Hall–Kier alpha value is -4.06. The summed E-state index contributed by atoms with van der Waals surface area (Å²) in [6.45, 7) is 0.899. The minimum atomic E-state index is -4.23. The molecule has 0 radical (unpaired) electrons. The summed E-state index contributed by atoms with van der Waals surface area (Å²) >= 11 is 12.2. The average molecular weight is 754 g/mol. The number of hydrogen-bond donors (Lipinski definition) is 3. The molecule has 3 aliphatic rings. The van der Waals surface area contributed by atoms with Gasteiger partial charge in [0.2, 0.25) is 15.9 Å². The lowest BCUT2D eigenvalue weighted by Crippen LogP contribution is -2.52. The zero-order valence-electron chi connectivity index (χ0n) is 27.7. The Labute approximate surface area is 306 Å². The van der Waals surface area contributed by atoms with Gasteiger partial charge in [0, 0.05) is 43.1 Å². The molecule has 12 nitrogen and oxygen atoms in total. The first-order chi connectivity index (χ1) is 24.5. The summed E-state index contributed by atoms with van der Waals surface area (Å²) in [5, 5.41) is 25.1. The van der Waals surface area contributed by atoms with Gasteiger partial charge in [0.1, 0.15) is 12.1 Å². The minimum absolute atomic E-state index is 0.0629. The van der Waals surface area contributed by atoms with Gasteiger partial charge in [-0.05, 0) is 80.5 Å². The number of likely N-dealkylation sites (tertiary alicyclic amines) is 1. The molecule has 3 heterocycles. The number of anilines is 1. The molecule has 1 aromatic heterocycles. The van der Waals surface area contributed by atoms with E-state index in [0.717, 1.165) is 38.6 Å². The van der Waals surface area contributed by atoms with E-state index in [0.29, 0.717) is 23.2 Å². The van der Waals surface area contributed by atoms with Crippen LogP contribution in [-0.4, -0.2) is 82.8 Å². The Morgan fingerprint density at radius 3 is 2.43 bits per heavy atom. The third kappa shape index (κ3) is 8.05. The molecule has 268 valence electrons. The van der Waals surface area contributed by atoms with E-state index in [4.69, 9.17) is 23.2 Å². The molecule has 0 bridgehead atoms.